The number of alkyl halides is 1. The van der Waals surface area contributed by atoms with Gasteiger partial charge in [-0.1, -0.05) is 26.2 Å². The van der Waals surface area contributed by atoms with Crippen molar-refractivity contribution in [3.8, 4) is 0 Å². The van der Waals surface area contributed by atoms with Crippen LogP contribution in [-0.4, -0.2) is 12.1 Å². The maximum atomic E-state index is 12.7. The third kappa shape index (κ3) is 5.35. The standard InChI is InChI=1S/C8H14ClFO2/c1-2-3-4-5-6-7(10)8(11)12-9/h7H,2-6H2,1H3/t7-/m0/s1. The first-order valence-corrected chi connectivity index (χ1v) is 4.49. The van der Waals surface area contributed by atoms with Gasteiger partial charge in [0.25, 0.3) is 0 Å². The van der Waals surface area contributed by atoms with Crippen LogP contribution in [-0.2, 0) is 9.08 Å². The molecule has 0 saturated heterocycles. The van der Waals surface area contributed by atoms with Gasteiger partial charge in [0.2, 0.25) is 0 Å². The molecule has 0 aliphatic heterocycles. The Morgan fingerprint density at radius 2 is 2.17 bits per heavy atom. The van der Waals surface area contributed by atoms with Crippen LogP contribution >= 0.6 is 11.9 Å². The molecule has 0 unspecified atom stereocenters. The highest BCUT2D eigenvalue weighted by Crippen LogP contribution is 2.09. The fourth-order valence-electron chi connectivity index (χ4n) is 0.917. The first-order valence-electron chi connectivity index (χ1n) is 4.18. The molecule has 0 amide bonds. The highest BCUT2D eigenvalue weighted by atomic mass is 35.5. The van der Waals surface area contributed by atoms with Crippen molar-refractivity contribution in [3.63, 3.8) is 0 Å². The van der Waals surface area contributed by atoms with E-state index in [1.807, 2.05) is 0 Å². The van der Waals surface area contributed by atoms with Gasteiger partial charge in [-0.3, -0.25) is 0 Å². The van der Waals surface area contributed by atoms with E-state index in [1.54, 1.807) is 0 Å². The lowest BCUT2D eigenvalue weighted by atomic mass is 10.1. The Bertz CT molecular complexity index is 130. The third-order valence-electron chi connectivity index (χ3n) is 1.64. The van der Waals surface area contributed by atoms with E-state index in [4.69, 9.17) is 11.9 Å². The molecule has 4 heteroatoms. The SMILES string of the molecule is CCCCCC[C@H](F)C(=O)OCl. The molecule has 0 aromatic rings. The van der Waals surface area contributed by atoms with E-state index in [2.05, 4.69) is 11.2 Å². The van der Waals surface area contributed by atoms with Crippen LogP contribution in [0.4, 0.5) is 4.39 Å². The molecule has 0 aliphatic rings. The van der Waals surface area contributed by atoms with Crippen molar-refractivity contribution in [2.75, 3.05) is 0 Å². The van der Waals surface area contributed by atoms with Crippen LogP contribution in [0.1, 0.15) is 39.0 Å². The number of carbonyl (C=O) groups excluding carboxylic acids is 1. The average Bonchev–Trinajstić information content (AvgIpc) is 2.10. The Labute approximate surface area is 77.2 Å². The van der Waals surface area contributed by atoms with Gasteiger partial charge in [-0.15, -0.1) is 0 Å². The zero-order chi connectivity index (χ0) is 9.40. The van der Waals surface area contributed by atoms with Gasteiger partial charge in [0, 0.05) is 0 Å². The largest absolute Gasteiger partial charge is 0.358 e. The Hall–Kier alpha value is -0.310. The van der Waals surface area contributed by atoms with E-state index in [-0.39, 0.29) is 6.42 Å². The molecule has 12 heavy (non-hydrogen) atoms. The summed E-state index contributed by atoms with van der Waals surface area (Å²) in [4.78, 5) is 10.4. The van der Waals surface area contributed by atoms with Gasteiger partial charge in [-0.2, -0.15) is 0 Å². The van der Waals surface area contributed by atoms with Crippen LogP contribution in [0.2, 0.25) is 0 Å². The van der Waals surface area contributed by atoms with Crippen molar-refractivity contribution in [3.05, 3.63) is 0 Å². The summed E-state index contributed by atoms with van der Waals surface area (Å²) in [6, 6.07) is 0. The van der Waals surface area contributed by atoms with Crippen LogP contribution < -0.4 is 0 Å². The molecular formula is C8H14ClFO2. The molecule has 72 valence electrons. The van der Waals surface area contributed by atoms with E-state index < -0.39 is 12.1 Å². The summed E-state index contributed by atoms with van der Waals surface area (Å²) < 4.78 is 16.4. The number of carbonyl (C=O) groups is 1. The molecule has 0 spiro atoms. The molecule has 2 nitrogen and oxygen atoms in total. The second kappa shape index (κ2) is 7.35. The van der Waals surface area contributed by atoms with Crippen molar-refractivity contribution in [2.24, 2.45) is 0 Å². The van der Waals surface area contributed by atoms with E-state index in [1.165, 1.54) is 0 Å². The van der Waals surface area contributed by atoms with Crippen molar-refractivity contribution >= 4 is 17.8 Å². The lowest BCUT2D eigenvalue weighted by molar-refractivity contribution is -0.139. The van der Waals surface area contributed by atoms with Gasteiger partial charge in [0.15, 0.2) is 6.17 Å². The second-order valence-corrected chi connectivity index (χ2v) is 2.87. The summed E-state index contributed by atoms with van der Waals surface area (Å²) in [6.45, 7) is 2.07. The topological polar surface area (TPSA) is 26.3 Å². The van der Waals surface area contributed by atoms with E-state index in [0.29, 0.717) is 6.42 Å². The molecule has 0 heterocycles. The van der Waals surface area contributed by atoms with E-state index >= 15 is 0 Å². The van der Waals surface area contributed by atoms with E-state index in [9.17, 15) is 9.18 Å². The molecule has 0 aliphatic carbocycles. The fraction of sp³-hybridized carbons (Fsp3) is 0.875. The summed E-state index contributed by atoms with van der Waals surface area (Å²) in [7, 11) is 0. The van der Waals surface area contributed by atoms with Crippen molar-refractivity contribution in [2.45, 2.75) is 45.2 Å². The third-order valence-corrected chi connectivity index (χ3v) is 1.79. The highest BCUT2D eigenvalue weighted by Gasteiger charge is 2.17. The molecular weight excluding hydrogens is 183 g/mol. The predicted octanol–water partition coefficient (Wildman–Crippen LogP) is 2.99. The normalized spacial score (nSPS) is 12.6. The van der Waals surface area contributed by atoms with Crippen LogP contribution in [0, 0.1) is 0 Å². The molecule has 0 rings (SSSR count). The predicted molar refractivity (Wildman–Crippen MR) is 45.6 cm³/mol. The minimum Gasteiger partial charge on any atom is -0.345 e. The number of rotatable bonds is 6. The highest BCUT2D eigenvalue weighted by molar-refractivity contribution is 6.13. The van der Waals surface area contributed by atoms with Gasteiger partial charge in [0.1, 0.15) is 11.9 Å². The smallest absolute Gasteiger partial charge is 0.345 e. The average molecular weight is 197 g/mol. The minimum atomic E-state index is -1.56. The summed E-state index contributed by atoms with van der Waals surface area (Å²) in [6.07, 6.45) is 2.48. The summed E-state index contributed by atoms with van der Waals surface area (Å²) in [5, 5.41) is 0. The van der Waals surface area contributed by atoms with Crippen molar-refractivity contribution < 1.29 is 13.5 Å². The molecule has 0 aromatic carbocycles. The van der Waals surface area contributed by atoms with Crippen LogP contribution in [0.15, 0.2) is 0 Å². The van der Waals surface area contributed by atoms with Crippen LogP contribution in [0.5, 0.6) is 0 Å². The quantitative estimate of drug-likeness (QED) is 0.611. The van der Waals surface area contributed by atoms with Gasteiger partial charge in [-0.25, -0.2) is 9.18 Å². The lowest BCUT2D eigenvalue weighted by Gasteiger charge is -2.02. The Morgan fingerprint density at radius 3 is 2.67 bits per heavy atom. The lowest BCUT2D eigenvalue weighted by Crippen LogP contribution is -2.14. The molecule has 1 atom stereocenters. The first kappa shape index (κ1) is 11.7. The van der Waals surface area contributed by atoms with Gasteiger partial charge >= 0.3 is 5.97 Å². The summed E-state index contributed by atoms with van der Waals surface area (Å²) >= 11 is 4.70. The maximum absolute atomic E-state index is 12.7. The van der Waals surface area contributed by atoms with Crippen molar-refractivity contribution in [1.82, 2.24) is 0 Å². The molecule has 0 fully saturated rings. The monoisotopic (exact) mass is 196 g/mol. The van der Waals surface area contributed by atoms with Crippen LogP contribution in [0.25, 0.3) is 0 Å². The number of halogens is 2. The minimum absolute atomic E-state index is 0.214. The van der Waals surface area contributed by atoms with E-state index in [0.717, 1.165) is 19.3 Å². The maximum Gasteiger partial charge on any atom is 0.358 e. The Kier molecular flexibility index (Phi) is 7.16. The zero-order valence-corrected chi connectivity index (χ0v) is 7.94. The number of unbranched alkanes of at least 4 members (excludes halogenated alkanes) is 3. The Balaban J connectivity index is 3.31. The number of hydrogen-bond acceptors (Lipinski definition) is 2. The zero-order valence-electron chi connectivity index (χ0n) is 7.19. The molecule has 0 aromatic heterocycles. The molecule has 0 radical (unpaired) electrons. The Morgan fingerprint density at radius 1 is 1.50 bits per heavy atom. The second-order valence-electron chi connectivity index (χ2n) is 2.71. The first-order chi connectivity index (χ1) is 5.72. The van der Waals surface area contributed by atoms with Crippen molar-refractivity contribution in [1.29, 1.82) is 0 Å². The summed E-state index contributed by atoms with van der Waals surface area (Å²) in [5.41, 5.74) is 0. The number of hydrogen-bond donors (Lipinski definition) is 0. The van der Waals surface area contributed by atoms with Gasteiger partial charge < -0.3 is 4.29 Å². The van der Waals surface area contributed by atoms with Gasteiger partial charge in [-0.05, 0) is 12.8 Å². The van der Waals surface area contributed by atoms with Crippen LogP contribution in [0.3, 0.4) is 0 Å². The molecule has 0 saturated carbocycles. The summed E-state index contributed by atoms with van der Waals surface area (Å²) in [5.74, 6) is -0.979. The molecule has 0 bridgehead atoms. The fourth-order valence-corrected chi connectivity index (χ4v) is 1.01. The van der Waals surface area contributed by atoms with Gasteiger partial charge in [0.05, 0.1) is 0 Å². The molecule has 0 N–H and O–H groups in total.